The molecule has 178 valence electrons. The van der Waals surface area contributed by atoms with E-state index in [9.17, 15) is 14.4 Å². The summed E-state index contributed by atoms with van der Waals surface area (Å²) in [4.78, 5) is 48.8. The third kappa shape index (κ3) is 4.90. The molecule has 0 unspecified atom stereocenters. The predicted octanol–water partition coefficient (Wildman–Crippen LogP) is 2.53. The molecular weight excluding hydrogens is 466 g/mol. The maximum Gasteiger partial charge on any atom is 0.340 e. The van der Waals surface area contributed by atoms with Crippen molar-refractivity contribution in [3.63, 3.8) is 0 Å². The summed E-state index contributed by atoms with van der Waals surface area (Å²) in [5, 5.41) is 14.2. The van der Waals surface area contributed by atoms with Gasteiger partial charge in [-0.25, -0.2) is 19.9 Å². The first kappa shape index (κ1) is 22.7. The van der Waals surface area contributed by atoms with Crippen LogP contribution >= 0.6 is 11.3 Å². The first-order valence-corrected chi connectivity index (χ1v) is 12.1. The summed E-state index contributed by atoms with van der Waals surface area (Å²) in [6, 6.07) is 9.06. The van der Waals surface area contributed by atoms with Crippen molar-refractivity contribution in [2.75, 3.05) is 0 Å². The topological polar surface area (TPSA) is 146 Å². The molecule has 1 atom stereocenters. The lowest BCUT2D eigenvalue weighted by molar-refractivity contribution is 0.0931. The molecule has 3 heterocycles. The molecule has 10 nitrogen and oxygen atoms in total. The lowest BCUT2D eigenvalue weighted by Gasteiger charge is -2.14. The van der Waals surface area contributed by atoms with Gasteiger partial charge in [-0.1, -0.05) is 19.1 Å². The summed E-state index contributed by atoms with van der Waals surface area (Å²) in [6.45, 7) is 2.49. The largest absolute Gasteiger partial charge is 0.347 e. The molecule has 0 bridgehead atoms. The average molecular weight is 490 g/mol. The number of benzene rings is 1. The van der Waals surface area contributed by atoms with Gasteiger partial charge in [0.25, 0.3) is 11.8 Å². The number of carbonyl (C=O) groups is 2. The van der Waals surface area contributed by atoms with E-state index in [0.717, 1.165) is 41.5 Å². The van der Waals surface area contributed by atoms with Crippen LogP contribution in [0.4, 0.5) is 0 Å². The van der Waals surface area contributed by atoms with Crippen molar-refractivity contribution in [2.45, 2.75) is 38.8 Å². The molecule has 5 rings (SSSR count). The first-order chi connectivity index (χ1) is 17.0. The zero-order valence-corrected chi connectivity index (χ0v) is 19.7. The summed E-state index contributed by atoms with van der Waals surface area (Å²) in [5.41, 5.74) is 3.84. The molecule has 0 saturated carbocycles. The molecule has 0 aliphatic heterocycles. The normalized spacial score (nSPS) is 14.5. The van der Waals surface area contributed by atoms with Gasteiger partial charge in [0, 0.05) is 23.1 Å². The fourth-order valence-corrected chi connectivity index (χ4v) is 4.98. The van der Waals surface area contributed by atoms with Crippen LogP contribution in [0.1, 0.15) is 61.9 Å². The van der Waals surface area contributed by atoms with Gasteiger partial charge in [0.1, 0.15) is 17.7 Å². The standard InChI is InChI=1S/C24H23N7O3S/c1-2-16-7-13(11-35-16)10-25-22(32)19-9-20(27-12-26-19)23(33)28-18-6-4-14-8-15(3-5-17(14)18)21-29-24(34)31-30-21/h3,5,7-9,11-12,18H,2,4,6,10H2,1H3,(H,25,32)(H,28,33)(H2,29,30,31,34)/t18-/m0/s1. The molecule has 0 saturated heterocycles. The minimum atomic E-state index is -0.370. The second-order valence-electron chi connectivity index (χ2n) is 8.25. The van der Waals surface area contributed by atoms with E-state index < -0.39 is 0 Å². The van der Waals surface area contributed by atoms with Crippen molar-refractivity contribution in [3.8, 4) is 11.4 Å². The number of rotatable bonds is 7. The predicted molar refractivity (Wildman–Crippen MR) is 130 cm³/mol. The van der Waals surface area contributed by atoms with Crippen LogP contribution in [0, 0.1) is 0 Å². The molecule has 3 aromatic heterocycles. The summed E-state index contributed by atoms with van der Waals surface area (Å²) >= 11 is 1.67. The summed E-state index contributed by atoms with van der Waals surface area (Å²) in [6.07, 6.45) is 3.70. The zero-order chi connectivity index (χ0) is 24.4. The second-order valence-corrected chi connectivity index (χ2v) is 9.25. The molecule has 1 aliphatic rings. The SMILES string of the molecule is CCc1cc(CNC(=O)c2cc(C(=O)N[C@H]3CCc4cc(-c5n[nH]c(=O)[nH]5)ccc43)ncn2)cs1. The van der Waals surface area contributed by atoms with Crippen molar-refractivity contribution >= 4 is 23.2 Å². The van der Waals surface area contributed by atoms with E-state index in [-0.39, 0.29) is 34.9 Å². The van der Waals surface area contributed by atoms with Crippen LogP contribution in [0.25, 0.3) is 11.4 Å². The molecule has 1 aromatic carbocycles. The number of nitrogens with zero attached hydrogens (tertiary/aromatic N) is 3. The van der Waals surface area contributed by atoms with Crippen molar-refractivity contribution in [2.24, 2.45) is 0 Å². The highest BCUT2D eigenvalue weighted by Gasteiger charge is 2.26. The molecule has 4 aromatic rings. The minimum Gasteiger partial charge on any atom is -0.347 e. The highest BCUT2D eigenvalue weighted by molar-refractivity contribution is 7.10. The lowest BCUT2D eigenvalue weighted by Crippen LogP contribution is -2.29. The smallest absolute Gasteiger partial charge is 0.340 e. The van der Waals surface area contributed by atoms with Crippen molar-refractivity contribution in [3.05, 3.63) is 85.5 Å². The number of fused-ring (bicyclic) bond motifs is 1. The molecule has 0 spiro atoms. The van der Waals surface area contributed by atoms with Gasteiger partial charge < -0.3 is 10.6 Å². The number of carbonyl (C=O) groups excluding carboxylic acids is 2. The highest BCUT2D eigenvalue weighted by atomic mass is 32.1. The molecule has 1 aliphatic carbocycles. The molecule has 35 heavy (non-hydrogen) atoms. The van der Waals surface area contributed by atoms with Gasteiger partial charge in [-0.15, -0.1) is 11.3 Å². The number of nitrogens with one attached hydrogen (secondary N) is 4. The van der Waals surface area contributed by atoms with E-state index in [1.54, 1.807) is 11.3 Å². The molecule has 4 N–H and O–H groups in total. The van der Waals surface area contributed by atoms with Crippen molar-refractivity contribution in [1.82, 2.24) is 35.8 Å². The average Bonchev–Trinajstić information content (AvgIpc) is 3.62. The van der Waals surface area contributed by atoms with Crippen LogP contribution in [-0.2, 0) is 19.4 Å². The maximum absolute atomic E-state index is 12.9. The van der Waals surface area contributed by atoms with Gasteiger partial charge in [-0.2, -0.15) is 5.10 Å². The van der Waals surface area contributed by atoms with E-state index in [0.29, 0.717) is 12.4 Å². The van der Waals surface area contributed by atoms with E-state index in [4.69, 9.17) is 0 Å². The number of aryl methyl sites for hydroxylation is 2. The third-order valence-corrected chi connectivity index (χ3v) is 7.07. The molecular formula is C24H23N7O3S. The van der Waals surface area contributed by atoms with E-state index in [1.165, 1.54) is 17.3 Å². The van der Waals surface area contributed by atoms with Gasteiger partial charge in [0.2, 0.25) is 0 Å². The van der Waals surface area contributed by atoms with Gasteiger partial charge in [0.05, 0.1) is 6.04 Å². The quantitative estimate of drug-likeness (QED) is 0.314. The van der Waals surface area contributed by atoms with Crippen molar-refractivity contribution in [1.29, 1.82) is 0 Å². The van der Waals surface area contributed by atoms with E-state index in [1.807, 2.05) is 23.6 Å². The van der Waals surface area contributed by atoms with Gasteiger partial charge in [-0.3, -0.25) is 14.6 Å². The number of hydrogen-bond donors (Lipinski definition) is 4. The number of aromatic amines is 2. The number of amides is 2. The Labute approximate surface area is 204 Å². The number of thiophene rings is 1. The first-order valence-electron chi connectivity index (χ1n) is 11.3. The highest BCUT2D eigenvalue weighted by Crippen LogP contribution is 2.33. The van der Waals surface area contributed by atoms with E-state index in [2.05, 4.69) is 48.8 Å². The molecule has 11 heteroatoms. The molecule has 0 radical (unpaired) electrons. The van der Waals surface area contributed by atoms with Crippen molar-refractivity contribution < 1.29 is 9.59 Å². The Morgan fingerprint density at radius 2 is 1.97 bits per heavy atom. The fourth-order valence-electron chi connectivity index (χ4n) is 4.14. The number of hydrogen-bond acceptors (Lipinski definition) is 7. The zero-order valence-electron chi connectivity index (χ0n) is 18.9. The van der Waals surface area contributed by atoms with Crippen LogP contribution in [0.5, 0.6) is 0 Å². The number of aromatic nitrogens is 5. The molecule has 2 amide bonds. The Morgan fingerprint density at radius 3 is 2.71 bits per heavy atom. The van der Waals surface area contributed by atoms with Crippen LogP contribution in [0.15, 0.2) is 46.8 Å². The van der Waals surface area contributed by atoms with Crippen LogP contribution in [0.2, 0.25) is 0 Å². The Balaban J connectivity index is 1.24. The van der Waals surface area contributed by atoms with Crippen LogP contribution in [-0.4, -0.2) is 37.0 Å². The number of H-pyrrole nitrogens is 2. The Hall–Kier alpha value is -4.12. The van der Waals surface area contributed by atoms with E-state index >= 15 is 0 Å². The Kier molecular flexibility index (Phi) is 6.23. The maximum atomic E-state index is 12.9. The van der Waals surface area contributed by atoms with Gasteiger partial charge in [-0.05, 0) is 53.5 Å². The van der Waals surface area contributed by atoms with Crippen LogP contribution < -0.4 is 16.3 Å². The fraction of sp³-hybridized carbons (Fsp3) is 0.250. The Bertz CT molecular complexity index is 1460. The van der Waals surface area contributed by atoms with Gasteiger partial charge >= 0.3 is 5.69 Å². The lowest BCUT2D eigenvalue weighted by atomic mass is 10.0. The molecule has 0 fully saturated rings. The third-order valence-electron chi connectivity index (χ3n) is 5.94. The monoisotopic (exact) mass is 489 g/mol. The summed E-state index contributed by atoms with van der Waals surface area (Å²) in [5.74, 6) is -0.256. The minimum absolute atomic E-state index is 0.133. The summed E-state index contributed by atoms with van der Waals surface area (Å²) < 4.78 is 0. The van der Waals surface area contributed by atoms with Crippen LogP contribution in [0.3, 0.4) is 0 Å². The second kappa shape index (κ2) is 9.63. The van der Waals surface area contributed by atoms with Gasteiger partial charge in [0.15, 0.2) is 5.82 Å². The Morgan fingerprint density at radius 1 is 1.14 bits per heavy atom. The summed E-state index contributed by atoms with van der Waals surface area (Å²) in [7, 11) is 0.